The molecule has 1 aliphatic heterocycles. The number of rotatable bonds is 2. The number of carbonyl (C=O) groups is 1. The minimum atomic E-state index is -0.0476. The third-order valence-electron chi connectivity index (χ3n) is 4.80. The van der Waals surface area contributed by atoms with Gasteiger partial charge in [0.1, 0.15) is 5.01 Å². The van der Waals surface area contributed by atoms with Crippen LogP contribution in [0.5, 0.6) is 0 Å². The number of hydrogen-bond donors (Lipinski definition) is 1. The Kier molecular flexibility index (Phi) is 4.47. The second-order valence-electron chi connectivity index (χ2n) is 6.66. The van der Waals surface area contributed by atoms with Gasteiger partial charge in [-0.25, -0.2) is 9.78 Å². The van der Waals surface area contributed by atoms with Crippen molar-refractivity contribution in [2.45, 2.75) is 26.8 Å². The van der Waals surface area contributed by atoms with Crippen LogP contribution in [0.4, 0.5) is 10.5 Å². The Bertz CT molecular complexity index is 949. The zero-order valence-electron chi connectivity index (χ0n) is 15.0. The Balaban J connectivity index is 1.48. The molecule has 1 aromatic heterocycles. The average Bonchev–Trinajstić information content (AvgIpc) is 3.09. The second-order valence-corrected chi connectivity index (χ2v) is 7.74. The van der Waals surface area contributed by atoms with Gasteiger partial charge in [-0.2, -0.15) is 0 Å². The number of hydrogen-bond acceptors (Lipinski definition) is 3. The fraction of sp³-hybridized carbons (Fsp3) is 0.238. The normalized spacial score (nSPS) is 13.4. The molecule has 4 rings (SSSR count). The maximum absolute atomic E-state index is 12.6. The van der Waals surface area contributed by atoms with E-state index in [4.69, 9.17) is 4.98 Å². The number of nitrogens with one attached hydrogen (secondary N) is 1. The number of thiazole rings is 1. The molecule has 1 aliphatic rings. The number of aromatic nitrogens is 1. The molecular weight excluding hydrogens is 342 g/mol. The highest BCUT2D eigenvalue weighted by Crippen LogP contribution is 2.31. The number of nitrogens with zero attached hydrogens (tertiary/aromatic N) is 2. The number of carbonyl (C=O) groups excluding carboxylic acids is 1. The summed E-state index contributed by atoms with van der Waals surface area (Å²) in [6, 6.07) is 16.2. The number of urea groups is 1. The van der Waals surface area contributed by atoms with Crippen LogP contribution in [0.1, 0.15) is 21.7 Å². The van der Waals surface area contributed by atoms with Gasteiger partial charge in [-0.3, -0.25) is 0 Å². The van der Waals surface area contributed by atoms with Gasteiger partial charge in [-0.15, -0.1) is 11.3 Å². The fourth-order valence-electron chi connectivity index (χ4n) is 3.09. The van der Waals surface area contributed by atoms with E-state index in [9.17, 15) is 4.79 Å². The van der Waals surface area contributed by atoms with Gasteiger partial charge >= 0.3 is 6.03 Å². The van der Waals surface area contributed by atoms with Crippen molar-refractivity contribution in [3.05, 3.63) is 70.2 Å². The standard InChI is InChI=1S/C21H21N3OS/c1-14-8-9-17(12-15(14)2)22-21(25)24-11-10-18-19(13-24)26-20(23-18)16-6-4-3-5-7-16/h3-9,12H,10-11,13H2,1-2H3,(H,22,25). The van der Waals surface area contributed by atoms with Crippen LogP contribution in [-0.4, -0.2) is 22.5 Å². The highest BCUT2D eigenvalue weighted by atomic mass is 32.1. The van der Waals surface area contributed by atoms with Crippen LogP contribution in [0.15, 0.2) is 48.5 Å². The molecule has 2 heterocycles. The van der Waals surface area contributed by atoms with Gasteiger partial charge in [-0.1, -0.05) is 36.4 Å². The molecule has 0 aliphatic carbocycles. The van der Waals surface area contributed by atoms with Crippen molar-refractivity contribution in [1.29, 1.82) is 0 Å². The number of amides is 2. The summed E-state index contributed by atoms with van der Waals surface area (Å²) in [5.74, 6) is 0. The van der Waals surface area contributed by atoms with E-state index in [1.165, 1.54) is 16.0 Å². The summed E-state index contributed by atoms with van der Waals surface area (Å²) < 4.78 is 0. The maximum Gasteiger partial charge on any atom is 0.322 e. The monoisotopic (exact) mass is 363 g/mol. The van der Waals surface area contributed by atoms with Crippen LogP contribution in [0.3, 0.4) is 0 Å². The molecule has 0 unspecified atom stereocenters. The topological polar surface area (TPSA) is 45.2 Å². The van der Waals surface area contributed by atoms with E-state index < -0.39 is 0 Å². The van der Waals surface area contributed by atoms with E-state index in [2.05, 4.69) is 31.3 Å². The first-order valence-corrected chi connectivity index (χ1v) is 9.59. The molecule has 0 fully saturated rings. The van der Waals surface area contributed by atoms with Crippen LogP contribution in [0.2, 0.25) is 0 Å². The fourth-order valence-corrected chi connectivity index (χ4v) is 4.22. The van der Waals surface area contributed by atoms with Crippen molar-refractivity contribution >= 4 is 23.1 Å². The average molecular weight is 363 g/mol. The second kappa shape index (κ2) is 6.92. The number of aryl methyl sites for hydroxylation is 2. The third-order valence-corrected chi connectivity index (χ3v) is 5.93. The molecule has 2 amide bonds. The van der Waals surface area contributed by atoms with Gasteiger partial charge in [0.15, 0.2) is 0 Å². The van der Waals surface area contributed by atoms with E-state index in [0.29, 0.717) is 13.1 Å². The lowest BCUT2D eigenvalue weighted by Crippen LogP contribution is -2.38. The molecule has 0 saturated carbocycles. The van der Waals surface area contributed by atoms with E-state index in [0.717, 1.165) is 28.4 Å². The van der Waals surface area contributed by atoms with Crippen LogP contribution in [-0.2, 0) is 13.0 Å². The van der Waals surface area contributed by atoms with Crippen molar-refractivity contribution in [3.8, 4) is 10.6 Å². The van der Waals surface area contributed by atoms with Crippen molar-refractivity contribution < 1.29 is 4.79 Å². The van der Waals surface area contributed by atoms with E-state index in [1.807, 2.05) is 41.3 Å². The Labute approximate surface area is 157 Å². The van der Waals surface area contributed by atoms with Crippen LogP contribution < -0.4 is 5.32 Å². The predicted molar refractivity (Wildman–Crippen MR) is 107 cm³/mol. The lowest BCUT2D eigenvalue weighted by Gasteiger charge is -2.26. The number of fused-ring (bicyclic) bond motifs is 1. The zero-order valence-corrected chi connectivity index (χ0v) is 15.8. The first-order chi connectivity index (χ1) is 12.6. The molecule has 4 nitrogen and oxygen atoms in total. The predicted octanol–water partition coefficient (Wildman–Crippen LogP) is 5.02. The van der Waals surface area contributed by atoms with Gasteiger partial charge in [-0.05, 0) is 37.1 Å². The molecule has 0 atom stereocenters. The molecule has 0 saturated heterocycles. The molecular formula is C21H21N3OS. The van der Waals surface area contributed by atoms with Crippen molar-refractivity contribution in [3.63, 3.8) is 0 Å². The summed E-state index contributed by atoms with van der Waals surface area (Å²) in [7, 11) is 0. The number of benzene rings is 2. The molecule has 1 N–H and O–H groups in total. The summed E-state index contributed by atoms with van der Waals surface area (Å²) in [5.41, 5.74) is 5.52. The van der Waals surface area contributed by atoms with E-state index >= 15 is 0 Å². The molecule has 2 aromatic carbocycles. The lowest BCUT2D eigenvalue weighted by molar-refractivity contribution is 0.207. The summed E-state index contributed by atoms with van der Waals surface area (Å²) in [4.78, 5) is 20.5. The smallest absolute Gasteiger partial charge is 0.319 e. The van der Waals surface area contributed by atoms with Gasteiger partial charge in [0.25, 0.3) is 0 Å². The SMILES string of the molecule is Cc1ccc(NC(=O)N2CCc3nc(-c4ccccc4)sc3C2)cc1C. The Morgan fingerprint density at radius 2 is 1.92 bits per heavy atom. The van der Waals surface area contributed by atoms with Gasteiger partial charge in [0, 0.05) is 29.1 Å². The first kappa shape index (κ1) is 16.8. The minimum Gasteiger partial charge on any atom is -0.319 e. The molecule has 5 heteroatoms. The molecule has 3 aromatic rings. The quantitative estimate of drug-likeness (QED) is 0.695. The van der Waals surface area contributed by atoms with E-state index in [1.54, 1.807) is 11.3 Å². The highest BCUT2D eigenvalue weighted by Gasteiger charge is 2.24. The van der Waals surface area contributed by atoms with Crippen molar-refractivity contribution in [1.82, 2.24) is 9.88 Å². The summed E-state index contributed by atoms with van der Waals surface area (Å²) in [5, 5.41) is 4.05. The molecule has 0 spiro atoms. The largest absolute Gasteiger partial charge is 0.322 e. The van der Waals surface area contributed by atoms with Crippen LogP contribution in [0, 0.1) is 13.8 Å². The van der Waals surface area contributed by atoms with Gasteiger partial charge in [0.05, 0.1) is 12.2 Å². The number of anilines is 1. The molecule has 26 heavy (non-hydrogen) atoms. The van der Waals surface area contributed by atoms with Crippen LogP contribution in [0.25, 0.3) is 10.6 Å². The molecule has 132 valence electrons. The third kappa shape index (κ3) is 3.35. The first-order valence-electron chi connectivity index (χ1n) is 8.77. The summed E-state index contributed by atoms with van der Waals surface area (Å²) >= 11 is 1.69. The highest BCUT2D eigenvalue weighted by molar-refractivity contribution is 7.15. The maximum atomic E-state index is 12.6. The van der Waals surface area contributed by atoms with Gasteiger partial charge in [0.2, 0.25) is 0 Å². The Morgan fingerprint density at radius 3 is 2.69 bits per heavy atom. The Hall–Kier alpha value is -2.66. The zero-order chi connectivity index (χ0) is 18.1. The van der Waals surface area contributed by atoms with Crippen molar-refractivity contribution in [2.75, 3.05) is 11.9 Å². The van der Waals surface area contributed by atoms with Crippen molar-refractivity contribution in [2.24, 2.45) is 0 Å². The summed E-state index contributed by atoms with van der Waals surface area (Å²) in [6.07, 6.45) is 0.805. The van der Waals surface area contributed by atoms with Crippen LogP contribution >= 0.6 is 11.3 Å². The Morgan fingerprint density at radius 1 is 1.12 bits per heavy atom. The molecule has 0 bridgehead atoms. The minimum absolute atomic E-state index is 0.0476. The van der Waals surface area contributed by atoms with E-state index in [-0.39, 0.29) is 6.03 Å². The lowest BCUT2D eigenvalue weighted by atomic mass is 10.1. The van der Waals surface area contributed by atoms with Gasteiger partial charge < -0.3 is 10.2 Å². The molecule has 0 radical (unpaired) electrons. The summed E-state index contributed by atoms with van der Waals surface area (Å²) in [6.45, 7) is 5.44.